The fourth-order valence-electron chi connectivity index (χ4n) is 2.71. The molecule has 2 N–H and O–H groups in total. The van der Waals surface area contributed by atoms with Crippen LogP contribution in [0.4, 0.5) is 5.69 Å². The fraction of sp³-hybridized carbons (Fsp3) is 0.500. The minimum atomic E-state index is 0.0341. The lowest BCUT2D eigenvalue weighted by molar-refractivity contribution is -0.132. The van der Waals surface area contributed by atoms with Crippen molar-refractivity contribution in [3.8, 4) is 0 Å². The molecule has 4 heteroatoms. The lowest BCUT2D eigenvalue weighted by Crippen LogP contribution is -2.33. The molecule has 2 atom stereocenters. The number of nitrogens with zero attached hydrogens (tertiary/aromatic N) is 2. The van der Waals surface area contributed by atoms with Gasteiger partial charge in [0, 0.05) is 38.8 Å². The molecule has 0 radical (unpaired) electrons. The molecule has 2 rings (SSSR count). The zero-order chi connectivity index (χ0) is 13.3. The summed E-state index contributed by atoms with van der Waals surface area (Å²) in [5.41, 5.74) is 7.76. The van der Waals surface area contributed by atoms with Crippen molar-refractivity contribution < 1.29 is 4.79 Å². The Balaban J connectivity index is 2.27. The highest BCUT2D eigenvalue weighted by Crippen LogP contribution is 2.33. The van der Waals surface area contributed by atoms with E-state index in [1.165, 1.54) is 5.56 Å². The number of hydrogen-bond acceptors (Lipinski definition) is 3. The largest absolute Gasteiger partial charge is 0.399 e. The number of amides is 1. The summed E-state index contributed by atoms with van der Waals surface area (Å²) in [6.07, 6.45) is 0. The van der Waals surface area contributed by atoms with Crippen LogP contribution in [0.15, 0.2) is 24.3 Å². The second kappa shape index (κ2) is 4.98. The molecule has 98 valence electrons. The van der Waals surface area contributed by atoms with Crippen molar-refractivity contribution in [2.75, 3.05) is 40.0 Å². The Morgan fingerprint density at radius 2 is 2.11 bits per heavy atom. The van der Waals surface area contributed by atoms with Crippen molar-refractivity contribution in [2.24, 2.45) is 5.92 Å². The predicted octanol–water partition coefficient (Wildman–Crippen LogP) is 1.00. The molecule has 0 spiro atoms. The van der Waals surface area contributed by atoms with Crippen LogP contribution in [0.2, 0.25) is 0 Å². The van der Waals surface area contributed by atoms with Gasteiger partial charge >= 0.3 is 0 Å². The first-order valence-corrected chi connectivity index (χ1v) is 6.24. The van der Waals surface area contributed by atoms with Gasteiger partial charge < -0.3 is 15.5 Å². The fourth-order valence-corrected chi connectivity index (χ4v) is 2.71. The Bertz CT molecular complexity index is 444. The van der Waals surface area contributed by atoms with E-state index in [1.54, 1.807) is 4.90 Å². The molecule has 0 bridgehead atoms. The van der Waals surface area contributed by atoms with Gasteiger partial charge in [-0.2, -0.15) is 0 Å². The van der Waals surface area contributed by atoms with Gasteiger partial charge in [-0.15, -0.1) is 0 Å². The van der Waals surface area contributed by atoms with E-state index in [0.29, 0.717) is 0 Å². The van der Waals surface area contributed by atoms with E-state index in [0.717, 1.165) is 18.8 Å². The molecule has 0 unspecified atom stereocenters. The average Bonchev–Trinajstić information content (AvgIpc) is 2.70. The van der Waals surface area contributed by atoms with Crippen LogP contribution in [0.3, 0.4) is 0 Å². The molecule has 0 aromatic heterocycles. The Hall–Kier alpha value is -1.55. The summed E-state index contributed by atoms with van der Waals surface area (Å²) in [5, 5.41) is 0. The van der Waals surface area contributed by atoms with Gasteiger partial charge in [0.1, 0.15) is 0 Å². The standard InChI is InChI=1S/C14H21N3O/c1-16(2)14(18)13-9-17(3)8-12(13)10-5-4-6-11(15)7-10/h4-7,12-13H,8-9,15H2,1-3H3/t12-,13+/m0/s1. The normalized spacial score (nSPS) is 24.2. The number of likely N-dealkylation sites (N-methyl/N-ethyl adjacent to an activating group) is 1. The molecule has 1 heterocycles. The van der Waals surface area contributed by atoms with Gasteiger partial charge in [-0.1, -0.05) is 12.1 Å². The van der Waals surface area contributed by atoms with Gasteiger partial charge in [0.05, 0.1) is 5.92 Å². The first-order chi connectivity index (χ1) is 8.49. The highest BCUT2D eigenvalue weighted by atomic mass is 16.2. The summed E-state index contributed by atoms with van der Waals surface area (Å²) in [6.45, 7) is 1.73. The summed E-state index contributed by atoms with van der Waals surface area (Å²) in [4.78, 5) is 16.1. The van der Waals surface area contributed by atoms with Crippen molar-refractivity contribution >= 4 is 11.6 Å². The number of anilines is 1. The number of benzene rings is 1. The summed E-state index contributed by atoms with van der Waals surface area (Å²) >= 11 is 0. The molecule has 1 fully saturated rings. The first kappa shape index (κ1) is 12.9. The van der Waals surface area contributed by atoms with Crippen molar-refractivity contribution in [2.45, 2.75) is 5.92 Å². The minimum absolute atomic E-state index is 0.0341. The maximum Gasteiger partial charge on any atom is 0.227 e. The summed E-state index contributed by atoms with van der Waals surface area (Å²) in [5.74, 6) is 0.479. The molecule has 1 aromatic rings. The molecule has 18 heavy (non-hydrogen) atoms. The highest BCUT2D eigenvalue weighted by molar-refractivity contribution is 5.80. The number of nitrogen functional groups attached to an aromatic ring is 1. The SMILES string of the molecule is CN1C[C@@H](C(=O)N(C)C)[C@H](c2cccc(N)c2)C1. The number of likely N-dealkylation sites (tertiary alicyclic amines) is 1. The number of nitrogens with two attached hydrogens (primary N) is 1. The third kappa shape index (κ3) is 2.48. The monoisotopic (exact) mass is 247 g/mol. The van der Waals surface area contributed by atoms with Gasteiger partial charge in [0.15, 0.2) is 0 Å². The maximum atomic E-state index is 12.2. The van der Waals surface area contributed by atoms with Crippen LogP contribution in [-0.2, 0) is 4.79 Å². The Labute approximate surface area is 108 Å². The quantitative estimate of drug-likeness (QED) is 0.793. The van der Waals surface area contributed by atoms with E-state index < -0.39 is 0 Å². The van der Waals surface area contributed by atoms with Gasteiger partial charge in [-0.05, 0) is 24.7 Å². The zero-order valence-corrected chi connectivity index (χ0v) is 11.3. The maximum absolute atomic E-state index is 12.2. The number of hydrogen-bond donors (Lipinski definition) is 1. The smallest absolute Gasteiger partial charge is 0.227 e. The molecule has 1 aliphatic rings. The number of rotatable bonds is 2. The molecule has 4 nitrogen and oxygen atoms in total. The summed E-state index contributed by atoms with van der Waals surface area (Å²) in [7, 11) is 5.69. The lowest BCUT2D eigenvalue weighted by atomic mass is 9.88. The van der Waals surface area contributed by atoms with Crippen molar-refractivity contribution in [1.82, 2.24) is 9.80 Å². The predicted molar refractivity (Wildman–Crippen MR) is 73.3 cm³/mol. The zero-order valence-electron chi connectivity index (χ0n) is 11.3. The molecule has 0 saturated carbocycles. The van der Waals surface area contributed by atoms with Gasteiger partial charge in [0.2, 0.25) is 5.91 Å². The van der Waals surface area contributed by atoms with Crippen LogP contribution >= 0.6 is 0 Å². The minimum Gasteiger partial charge on any atom is -0.399 e. The highest BCUT2D eigenvalue weighted by Gasteiger charge is 2.37. The second-order valence-electron chi connectivity index (χ2n) is 5.34. The molecule has 1 aromatic carbocycles. The van der Waals surface area contributed by atoms with E-state index in [2.05, 4.69) is 18.0 Å². The molecule has 1 aliphatic heterocycles. The van der Waals surface area contributed by atoms with E-state index >= 15 is 0 Å². The van der Waals surface area contributed by atoms with E-state index in [9.17, 15) is 4.79 Å². The summed E-state index contributed by atoms with van der Waals surface area (Å²) < 4.78 is 0. The van der Waals surface area contributed by atoms with Crippen LogP contribution < -0.4 is 5.73 Å². The number of carbonyl (C=O) groups is 1. The van der Waals surface area contributed by atoms with Crippen LogP contribution in [-0.4, -0.2) is 49.9 Å². The van der Waals surface area contributed by atoms with Crippen molar-refractivity contribution in [1.29, 1.82) is 0 Å². The van der Waals surface area contributed by atoms with E-state index in [1.807, 2.05) is 32.3 Å². The molecular weight excluding hydrogens is 226 g/mol. The van der Waals surface area contributed by atoms with E-state index in [-0.39, 0.29) is 17.7 Å². The Kier molecular flexibility index (Phi) is 3.57. The molecule has 1 saturated heterocycles. The second-order valence-corrected chi connectivity index (χ2v) is 5.34. The van der Waals surface area contributed by atoms with Gasteiger partial charge in [-0.3, -0.25) is 4.79 Å². The van der Waals surface area contributed by atoms with Crippen LogP contribution in [0.5, 0.6) is 0 Å². The third-order valence-electron chi connectivity index (χ3n) is 3.60. The third-order valence-corrected chi connectivity index (χ3v) is 3.60. The van der Waals surface area contributed by atoms with Crippen LogP contribution in [0.1, 0.15) is 11.5 Å². The van der Waals surface area contributed by atoms with Crippen molar-refractivity contribution in [3.05, 3.63) is 29.8 Å². The lowest BCUT2D eigenvalue weighted by Gasteiger charge is -2.21. The van der Waals surface area contributed by atoms with Crippen molar-refractivity contribution in [3.63, 3.8) is 0 Å². The average molecular weight is 247 g/mol. The Morgan fingerprint density at radius 1 is 1.39 bits per heavy atom. The topological polar surface area (TPSA) is 49.6 Å². The molecule has 0 aliphatic carbocycles. The molecule has 1 amide bonds. The molecular formula is C14H21N3O. The van der Waals surface area contributed by atoms with Gasteiger partial charge in [0.25, 0.3) is 0 Å². The van der Waals surface area contributed by atoms with Gasteiger partial charge in [-0.25, -0.2) is 0 Å². The Morgan fingerprint density at radius 3 is 2.72 bits per heavy atom. The van der Waals surface area contributed by atoms with Crippen LogP contribution in [0.25, 0.3) is 0 Å². The van der Waals surface area contributed by atoms with E-state index in [4.69, 9.17) is 5.73 Å². The van der Waals surface area contributed by atoms with Crippen LogP contribution in [0, 0.1) is 5.92 Å². The summed E-state index contributed by atoms with van der Waals surface area (Å²) in [6, 6.07) is 7.89. The first-order valence-electron chi connectivity index (χ1n) is 6.24. The number of carbonyl (C=O) groups excluding carboxylic acids is 1.